The second-order valence-electron chi connectivity index (χ2n) is 8.75. The number of ether oxygens (including phenoxy) is 1. The summed E-state index contributed by atoms with van der Waals surface area (Å²) in [6.07, 6.45) is 4.63. The Balaban J connectivity index is 1.50. The lowest BCUT2D eigenvalue weighted by atomic mass is 10.1. The largest absolute Gasteiger partial charge is 0.464 e. The lowest BCUT2D eigenvalue weighted by molar-refractivity contribution is -0.151. The maximum Gasteiger partial charge on any atom is 0.333 e. The molecule has 5 nitrogen and oxygen atoms in total. The van der Waals surface area contributed by atoms with Crippen LogP contribution >= 0.6 is 24.0 Å². The SMILES string of the molecule is CCCOC(=O)C(c1ccccc1)N1C(=O)/C(=C/c2cn(Cc3ccccc3)c3ccccc23)SC1=S. The van der Waals surface area contributed by atoms with Crippen LogP contribution in [0.15, 0.2) is 96.0 Å². The van der Waals surface area contributed by atoms with Crippen LogP contribution < -0.4 is 0 Å². The molecule has 3 aromatic carbocycles. The van der Waals surface area contributed by atoms with Crippen molar-refractivity contribution in [2.24, 2.45) is 0 Å². The molecule has 0 aliphatic carbocycles. The number of amides is 1. The third-order valence-electron chi connectivity index (χ3n) is 6.17. The summed E-state index contributed by atoms with van der Waals surface area (Å²) in [5.74, 6) is -0.776. The first-order valence-electron chi connectivity index (χ1n) is 12.2. The molecule has 0 bridgehead atoms. The second kappa shape index (κ2) is 11.2. The zero-order valence-corrected chi connectivity index (χ0v) is 22.0. The quantitative estimate of drug-likeness (QED) is 0.147. The summed E-state index contributed by atoms with van der Waals surface area (Å²) in [5.41, 5.74) is 3.87. The average molecular weight is 527 g/mol. The number of esters is 1. The predicted octanol–water partition coefficient (Wildman–Crippen LogP) is 6.59. The number of fused-ring (bicyclic) bond motifs is 1. The van der Waals surface area contributed by atoms with Gasteiger partial charge in [-0.15, -0.1) is 0 Å². The Morgan fingerprint density at radius 1 is 1.00 bits per heavy atom. The Hall–Kier alpha value is -3.68. The molecule has 0 saturated carbocycles. The number of hydrogen-bond acceptors (Lipinski definition) is 5. The van der Waals surface area contributed by atoms with Crippen LogP contribution in [0.4, 0.5) is 0 Å². The van der Waals surface area contributed by atoms with Crippen LogP contribution in [0.2, 0.25) is 0 Å². The molecule has 1 aromatic heterocycles. The summed E-state index contributed by atoms with van der Waals surface area (Å²) in [6.45, 7) is 2.94. The number of benzene rings is 3. The molecule has 0 radical (unpaired) electrons. The third kappa shape index (κ3) is 5.24. The van der Waals surface area contributed by atoms with Crippen molar-refractivity contribution >= 4 is 57.2 Å². The van der Waals surface area contributed by atoms with Gasteiger partial charge in [0.2, 0.25) is 0 Å². The first-order valence-corrected chi connectivity index (χ1v) is 13.4. The lowest BCUT2D eigenvalue weighted by Crippen LogP contribution is -2.38. The van der Waals surface area contributed by atoms with Crippen molar-refractivity contribution < 1.29 is 14.3 Å². The standard InChI is InChI=1S/C30H26N2O3S2/c1-2-17-35-29(34)27(22-13-7-4-8-14-22)32-28(33)26(37-30(32)36)18-23-20-31(19-21-11-5-3-6-12-21)25-16-10-9-15-24(23)25/h3-16,18,20,27H,2,17,19H2,1H3/b26-18-. The molecule has 1 fully saturated rings. The van der Waals surface area contributed by atoms with E-state index in [1.807, 2.05) is 73.7 Å². The monoisotopic (exact) mass is 526 g/mol. The summed E-state index contributed by atoms with van der Waals surface area (Å²) >= 11 is 6.84. The molecular weight excluding hydrogens is 500 g/mol. The molecule has 0 spiro atoms. The smallest absolute Gasteiger partial charge is 0.333 e. The Kier molecular flexibility index (Phi) is 7.53. The minimum absolute atomic E-state index is 0.285. The second-order valence-corrected chi connectivity index (χ2v) is 10.4. The van der Waals surface area contributed by atoms with Gasteiger partial charge in [0.1, 0.15) is 4.32 Å². The number of nitrogens with zero attached hydrogens (tertiary/aromatic N) is 2. The van der Waals surface area contributed by atoms with Crippen LogP contribution in [0.25, 0.3) is 17.0 Å². The van der Waals surface area contributed by atoms with E-state index in [0.29, 0.717) is 21.2 Å². The van der Waals surface area contributed by atoms with Gasteiger partial charge in [0, 0.05) is 29.2 Å². The molecule has 1 aliphatic heterocycles. The summed E-state index contributed by atoms with van der Waals surface area (Å²) in [4.78, 5) is 28.6. The number of thiocarbonyl (C=S) groups is 1. The van der Waals surface area contributed by atoms with Gasteiger partial charge in [0.15, 0.2) is 6.04 Å². The average Bonchev–Trinajstić information content (AvgIpc) is 3.40. The lowest BCUT2D eigenvalue weighted by Gasteiger charge is -2.25. The summed E-state index contributed by atoms with van der Waals surface area (Å²) in [6, 6.07) is 26.7. The zero-order chi connectivity index (χ0) is 25.8. The van der Waals surface area contributed by atoms with Crippen molar-refractivity contribution in [1.82, 2.24) is 9.47 Å². The molecule has 37 heavy (non-hydrogen) atoms. The summed E-state index contributed by atoms with van der Waals surface area (Å²) < 4.78 is 7.99. The van der Waals surface area contributed by atoms with Gasteiger partial charge in [-0.3, -0.25) is 9.69 Å². The van der Waals surface area contributed by atoms with Crippen molar-refractivity contribution in [3.63, 3.8) is 0 Å². The van der Waals surface area contributed by atoms with E-state index in [-0.39, 0.29) is 12.5 Å². The van der Waals surface area contributed by atoms with Crippen LogP contribution in [0.5, 0.6) is 0 Å². The van der Waals surface area contributed by atoms with E-state index in [4.69, 9.17) is 17.0 Å². The van der Waals surface area contributed by atoms with Gasteiger partial charge in [-0.25, -0.2) is 4.79 Å². The predicted molar refractivity (Wildman–Crippen MR) is 153 cm³/mol. The van der Waals surface area contributed by atoms with E-state index in [0.717, 1.165) is 23.0 Å². The molecule has 0 N–H and O–H groups in total. The first kappa shape index (κ1) is 25.0. The number of hydrogen-bond donors (Lipinski definition) is 0. The van der Waals surface area contributed by atoms with E-state index in [2.05, 4.69) is 35.0 Å². The first-order chi connectivity index (χ1) is 18.1. The fourth-order valence-corrected chi connectivity index (χ4v) is 5.76. The van der Waals surface area contributed by atoms with Gasteiger partial charge in [-0.05, 0) is 29.7 Å². The fourth-order valence-electron chi connectivity index (χ4n) is 4.45. The molecule has 1 saturated heterocycles. The Bertz CT molecular complexity index is 1480. The highest BCUT2D eigenvalue weighted by molar-refractivity contribution is 8.26. The van der Waals surface area contributed by atoms with Crippen LogP contribution in [0, 0.1) is 0 Å². The minimum Gasteiger partial charge on any atom is -0.464 e. The number of carbonyl (C=O) groups excluding carboxylic acids is 2. The molecule has 7 heteroatoms. The molecule has 1 atom stereocenters. The van der Waals surface area contributed by atoms with Gasteiger partial charge >= 0.3 is 5.97 Å². The normalized spacial score (nSPS) is 15.5. The van der Waals surface area contributed by atoms with Gasteiger partial charge < -0.3 is 9.30 Å². The molecule has 1 aliphatic rings. The number of aromatic nitrogens is 1. The van der Waals surface area contributed by atoms with Crippen LogP contribution in [-0.2, 0) is 20.9 Å². The van der Waals surface area contributed by atoms with Crippen LogP contribution in [0.3, 0.4) is 0 Å². The maximum absolute atomic E-state index is 13.7. The highest BCUT2D eigenvalue weighted by Crippen LogP contribution is 2.39. The fraction of sp³-hybridized carbons (Fsp3) is 0.167. The topological polar surface area (TPSA) is 51.5 Å². The zero-order valence-electron chi connectivity index (χ0n) is 20.4. The van der Waals surface area contributed by atoms with Gasteiger partial charge in [0.05, 0.1) is 11.5 Å². The van der Waals surface area contributed by atoms with E-state index >= 15 is 0 Å². The molecule has 2 heterocycles. The van der Waals surface area contributed by atoms with E-state index in [1.54, 1.807) is 0 Å². The van der Waals surface area contributed by atoms with Crippen molar-refractivity contribution in [1.29, 1.82) is 0 Å². The van der Waals surface area contributed by atoms with Gasteiger partial charge in [0.25, 0.3) is 5.91 Å². The molecular formula is C30H26N2O3S2. The van der Waals surface area contributed by atoms with Crippen molar-refractivity contribution in [2.75, 3.05) is 6.61 Å². The summed E-state index contributed by atoms with van der Waals surface area (Å²) in [7, 11) is 0. The summed E-state index contributed by atoms with van der Waals surface area (Å²) in [5, 5.41) is 1.05. The van der Waals surface area contributed by atoms with Crippen molar-refractivity contribution in [3.05, 3.63) is 113 Å². The van der Waals surface area contributed by atoms with Crippen LogP contribution in [0.1, 0.15) is 36.1 Å². The molecule has 1 unspecified atom stereocenters. The Morgan fingerprint density at radius 3 is 2.41 bits per heavy atom. The van der Waals surface area contributed by atoms with Gasteiger partial charge in [-0.1, -0.05) is 110 Å². The number of carbonyl (C=O) groups is 2. The number of thioether (sulfide) groups is 1. The molecule has 5 rings (SSSR count). The van der Waals surface area contributed by atoms with E-state index < -0.39 is 12.0 Å². The number of rotatable bonds is 8. The third-order valence-corrected chi connectivity index (χ3v) is 7.50. The number of para-hydroxylation sites is 1. The Morgan fingerprint density at radius 2 is 1.68 bits per heavy atom. The van der Waals surface area contributed by atoms with E-state index in [1.165, 1.54) is 22.2 Å². The highest BCUT2D eigenvalue weighted by Gasteiger charge is 2.42. The van der Waals surface area contributed by atoms with Crippen LogP contribution in [-0.4, -0.2) is 32.3 Å². The van der Waals surface area contributed by atoms with Gasteiger partial charge in [-0.2, -0.15) is 0 Å². The van der Waals surface area contributed by atoms with Crippen molar-refractivity contribution in [3.8, 4) is 0 Å². The maximum atomic E-state index is 13.7. The molecule has 186 valence electrons. The van der Waals surface area contributed by atoms with E-state index in [9.17, 15) is 9.59 Å². The molecule has 4 aromatic rings. The molecule has 1 amide bonds. The highest BCUT2D eigenvalue weighted by atomic mass is 32.2. The van der Waals surface area contributed by atoms with Crippen molar-refractivity contribution in [2.45, 2.75) is 25.9 Å². The minimum atomic E-state index is -0.925. The Labute approximate surface area is 225 Å².